The molecule has 0 saturated heterocycles. The number of rotatable bonds is 2. The molecule has 1 aliphatic rings. The fourth-order valence-corrected chi connectivity index (χ4v) is 2.85. The highest BCUT2D eigenvalue weighted by atomic mass is 16.5. The molecule has 0 spiro atoms. The Morgan fingerprint density at radius 1 is 1.22 bits per heavy atom. The highest BCUT2D eigenvalue weighted by Gasteiger charge is 2.21. The highest BCUT2D eigenvalue weighted by molar-refractivity contribution is 5.92. The zero-order chi connectivity index (χ0) is 12.7. The molecule has 0 fully saturated rings. The van der Waals surface area contributed by atoms with E-state index in [0.29, 0.717) is 0 Å². The molecule has 4 heteroatoms. The van der Waals surface area contributed by atoms with Crippen molar-refractivity contribution in [3.05, 3.63) is 23.4 Å². The van der Waals surface area contributed by atoms with Crippen molar-refractivity contribution in [2.24, 2.45) is 7.05 Å². The summed E-state index contributed by atoms with van der Waals surface area (Å²) >= 11 is 0. The van der Waals surface area contributed by atoms with Crippen LogP contribution in [0.2, 0.25) is 0 Å². The summed E-state index contributed by atoms with van der Waals surface area (Å²) in [5.41, 5.74) is 3.93. The van der Waals surface area contributed by atoms with Crippen LogP contribution in [-0.2, 0) is 20.0 Å². The predicted molar refractivity (Wildman–Crippen MR) is 71.4 cm³/mol. The molecule has 0 bridgehead atoms. The van der Waals surface area contributed by atoms with Gasteiger partial charge in [-0.2, -0.15) is 0 Å². The number of nitrogens with zero attached hydrogens (tertiary/aromatic N) is 1. The van der Waals surface area contributed by atoms with E-state index in [9.17, 15) is 0 Å². The number of methoxy groups -OCH3 is 2. The third kappa shape index (κ3) is 1.49. The van der Waals surface area contributed by atoms with Gasteiger partial charge >= 0.3 is 0 Å². The number of hydrogen-bond acceptors (Lipinski definition) is 3. The second-order valence-corrected chi connectivity index (χ2v) is 4.64. The van der Waals surface area contributed by atoms with Gasteiger partial charge in [0.1, 0.15) is 11.5 Å². The second-order valence-electron chi connectivity index (χ2n) is 4.64. The average molecular weight is 246 g/mol. The molecule has 96 valence electrons. The molecule has 1 N–H and O–H groups in total. The molecule has 0 atom stereocenters. The lowest BCUT2D eigenvalue weighted by Crippen LogP contribution is -2.24. The van der Waals surface area contributed by atoms with E-state index in [-0.39, 0.29) is 0 Å². The molecule has 4 nitrogen and oxygen atoms in total. The summed E-state index contributed by atoms with van der Waals surface area (Å²) in [7, 11) is 5.50. The lowest BCUT2D eigenvalue weighted by Gasteiger charge is -2.14. The topological polar surface area (TPSA) is 35.4 Å². The molecule has 2 heterocycles. The molecule has 1 aromatic heterocycles. The van der Waals surface area contributed by atoms with E-state index in [2.05, 4.69) is 23.0 Å². The van der Waals surface area contributed by atoms with Crippen LogP contribution in [0, 0.1) is 0 Å². The highest BCUT2D eigenvalue weighted by Crippen LogP contribution is 2.37. The zero-order valence-corrected chi connectivity index (χ0v) is 11.0. The Labute approximate surface area is 106 Å². The van der Waals surface area contributed by atoms with Gasteiger partial charge in [-0.05, 0) is 24.6 Å². The molecule has 2 aromatic rings. The normalized spacial score (nSPS) is 14.6. The Morgan fingerprint density at radius 2 is 2.06 bits per heavy atom. The summed E-state index contributed by atoms with van der Waals surface area (Å²) in [6.07, 6.45) is 1.06. The van der Waals surface area contributed by atoms with Crippen molar-refractivity contribution in [1.29, 1.82) is 0 Å². The second kappa shape index (κ2) is 4.21. The van der Waals surface area contributed by atoms with Gasteiger partial charge in [0.25, 0.3) is 0 Å². The van der Waals surface area contributed by atoms with Crippen LogP contribution in [0.4, 0.5) is 0 Å². The summed E-state index contributed by atoms with van der Waals surface area (Å²) in [5, 5.41) is 4.67. The molecular formula is C14H18N2O2. The Morgan fingerprint density at radius 3 is 2.78 bits per heavy atom. The maximum Gasteiger partial charge on any atom is 0.146 e. The van der Waals surface area contributed by atoms with Gasteiger partial charge in [-0.3, -0.25) is 0 Å². The zero-order valence-electron chi connectivity index (χ0n) is 11.0. The first-order valence-corrected chi connectivity index (χ1v) is 6.19. The third-order valence-corrected chi connectivity index (χ3v) is 3.76. The maximum absolute atomic E-state index is 5.51. The molecule has 1 aliphatic heterocycles. The van der Waals surface area contributed by atoms with E-state index in [1.54, 1.807) is 14.2 Å². The minimum absolute atomic E-state index is 0.853. The van der Waals surface area contributed by atoms with Crippen LogP contribution in [0.5, 0.6) is 11.5 Å². The van der Waals surface area contributed by atoms with Crippen LogP contribution in [-0.4, -0.2) is 25.3 Å². The van der Waals surface area contributed by atoms with Gasteiger partial charge < -0.3 is 19.4 Å². The van der Waals surface area contributed by atoms with Gasteiger partial charge in [-0.15, -0.1) is 0 Å². The van der Waals surface area contributed by atoms with E-state index < -0.39 is 0 Å². The molecule has 0 amide bonds. The third-order valence-electron chi connectivity index (χ3n) is 3.76. The van der Waals surface area contributed by atoms with Gasteiger partial charge in [0.2, 0.25) is 0 Å². The Balaban J connectivity index is 2.37. The number of fused-ring (bicyclic) bond motifs is 3. The van der Waals surface area contributed by atoms with Crippen LogP contribution in [0.15, 0.2) is 12.1 Å². The van der Waals surface area contributed by atoms with Crippen molar-refractivity contribution in [2.45, 2.75) is 13.0 Å². The molecule has 0 radical (unpaired) electrons. The van der Waals surface area contributed by atoms with Crippen molar-refractivity contribution < 1.29 is 9.47 Å². The van der Waals surface area contributed by atoms with E-state index in [1.807, 2.05) is 6.07 Å². The standard InChI is InChI=1S/C14H18N2O2/c1-16-12-8-15-5-4-10(12)11-6-9(17-2)7-13(18-3)14(11)16/h6-7,15H,4-5,8H2,1-3H3. The lowest BCUT2D eigenvalue weighted by atomic mass is 10.0. The molecule has 0 aliphatic carbocycles. The minimum Gasteiger partial charge on any atom is -0.497 e. The summed E-state index contributed by atoms with van der Waals surface area (Å²) in [6.45, 7) is 1.96. The summed E-state index contributed by atoms with van der Waals surface area (Å²) < 4.78 is 13.1. The molecule has 18 heavy (non-hydrogen) atoms. The van der Waals surface area contributed by atoms with Crippen molar-refractivity contribution >= 4 is 10.9 Å². The van der Waals surface area contributed by atoms with Crippen LogP contribution in [0.1, 0.15) is 11.3 Å². The van der Waals surface area contributed by atoms with Crippen molar-refractivity contribution in [2.75, 3.05) is 20.8 Å². The maximum atomic E-state index is 5.51. The molecule has 0 unspecified atom stereocenters. The van der Waals surface area contributed by atoms with Crippen molar-refractivity contribution in [3.8, 4) is 11.5 Å². The SMILES string of the molecule is COc1cc(OC)c2c(c1)c1c(n2C)CNCC1. The summed E-state index contributed by atoms with van der Waals surface area (Å²) in [4.78, 5) is 0. The largest absolute Gasteiger partial charge is 0.497 e. The van der Waals surface area contributed by atoms with Gasteiger partial charge in [-0.1, -0.05) is 0 Å². The first-order chi connectivity index (χ1) is 8.76. The van der Waals surface area contributed by atoms with Gasteiger partial charge in [0.15, 0.2) is 0 Å². The first kappa shape index (κ1) is 11.4. The van der Waals surface area contributed by atoms with Crippen LogP contribution in [0.3, 0.4) is 0 Å². The number of hydrogen-bond donors (Lipinski definition) is 1. The Hall–Kier alpha value is -1.68. The number of ether oxygens (including phenoxy) is 2. The monoisotopic (exact) mass is 246 g/mol. The number of benzene rings is 1. The van der Waals surface area contributed by atoms with E-state index in [1.165, 1.54) is 16.6 Å². The molecular weight excluding hydrogens is 228 g/mol. The Kier molecular flexibility index (Phi) is 2.67. The quantitative estimate of drug-likeness (QED) is 0.878. The summed E-state index contributed by atoms with van der Waals surface area (Å²) in [5.74, 6) is 1.73. The van der Waals surface area contributed by atoms with Crippen molar-refractivity contribution in [1.82, 2.24) is 9.88 Å². The van der Waals surface area contributed by atoms with Gasteiger partial charge in [0.05, 0.1) is 19.7 Å². The van der Waals surface area contributed by atoms with E-state index in [0.717, 1.165) is 36.5 Å². The Bertz CT molecular complexity index is 602. The van der Waals surface area contributed by atoms with Gasteiger partial charge in [0, 0.05) is 30.7 Å². The van der Waals surface area contributed by atoms with E-state index in [4.69, 9.17) is 9.47 Å². The minimum atomic E-state index is 0.853. The smallest absolute Gasteiger partial charge is 0.146 e. The van der Waals surface area contributed by atoms with Crippen LogP contribution >= 0.6 is 0 Å². The van der Waals surface area contributed by atoms with Crippen LogP contribution < -0.4 is 14.8 Å². The molecule has 3 rings (SSSR count). The molecule has 1 aromatic carbocycles. The first-order valence-electron chi connectivity index (χ1n) is 6.19. The predicted octanol–water partition coefficient (Wildman–Crippen LogP) is 1.84. The van der Waals surface area contributed by atoms with Gasteiger partial charge in [-0.25, -0.2) is 0 Å². The number of nitrogens with one attached hydrogen (secondary N) is 1. The lowest BCUT2D eigenvalue weighted by molar-refractivity contribution is 0.397. The van der Waals surface area contributed by atoms with Crippen molar-refractivity contribution in [3.63, 3.8) is 0 Å². The number of aryl methyl sites for hydroxylation is 1. The molecule has 0 saturated carbocycles. The fourth-order valence-electron chi connectivity index (χ4n) is 2.85. The van der Waals surface area contributed by atoms with Crippen LogP contribution in [0.25, 0.3) is 10.9 Å². The number of aromatic nitrogens is 1. The summed E-state index contributed by atoms with van der Waals surface area (Å²) in [6, 6.07) is 4.06. The van der Waals surface area contributed by atoms with E-state index >= 15 is 0 Å². The average Bonchev–Trinajstić information content (AvgIpc) is 2.72. The fraction of sp³-hybridized carbons (Fsp3) is 0.429.